The molecule has 1 fully saturated rings. The summed E-state index contributed by atoms with van der Waals surface area (Å²) >= 11 is 0. The van der Waals surface area contributed by atoms with Gasteiger partial charge in [-0.05, 0) is 31.7 Å². The molecule has 16 heavy (non-hydrogen) atoms. The number of hydrogen-bond acceptors (Lipinski definition) is 3. The van der Waals surface area contributed by atoms with E-state index in [1.54, 1.807) is 0 Å². The minimum Gasteiger partial charge on any atom is -0.479 e. The van der Waals surface area contributed by atoms with Gasteiger partial charge in [0.15, 0.2) is 6.10 Å². The van der Waals surface area contributed by atoms with Gasteiger partial charge in [0, 0.05) is 19.7 Å². The van der Waals surface area contributed by atoms with E-state index < -0.39 is 12.1 Å². The average molecular weight is 229 g/mol. The lowest BCUT2D eigenvalue weighted by atomic mass is 9.84. The Morgan fingerprint density at radius 1 is 1.56 bits per heavy atom. The zero-order valence-corrected chi connectivity index (χ0v) is 10.5. The molecule has 0 aromatic carbocycles. The van der Waals surface area contributed by atoms with E-state index in [-0.39, 0.29) is 0 Å². The third-order valence-corrected chi connectivity index (χ3v) is 3.05. The van der Waals surface area contributed by atoms with Crippen LogP contribution in [0.25, 0.3) is 0 Å². The monoisotopic (exact) mass is 229 g/mol. The Bertz CT molecular complexity index is 240. The molecule has 0 aromatic heterocycles. The molecule has 0 amide bonds. The van der Waals surface area contributed by atoms with Gasteiger partial charge in [-0.2, -0.15) is 0 Å². The van der Waals surface area contributed by atoms with E-state index in [9.17, 15) is 4.79 Å². The number of carboxylic acids is 1. The van der Waals surface area contributed by atoms with Crippen molar-refractivity contribution in [2.75, 3.05) is 26.2 Å². The smallest absolute Gasteiger partial charge is 0.334 e. The maximum Gasteiger partial charge on any atom is 0.334 e. The highest BCUT2D eigenvalue weighted by Gasteiger charge is 2.29. The summed E-state index contributed by atoms with van der Waals surface area (Å²) in [5, 5.41) is 9.01. The molecular weight excluding hydrogens is 206 g/mol. The van der Waals surface area contributed by atoms with Crippen LogP contribution < -0.4 is 0 Å². The van der Waals surface area contributed by atoms with Gasteiger partial charge in [-0.15, -0.1) is 0 Å². The number of carbonyl (C=O) groups is 1. The van der Waals surface area contributed by atoms with Crippen molar-refractivity contribution in [2.45, 2.75) is 39.7 Å². The van der Waals surface area contributed by atoms with E-state index in [0.717, 1.165) is 19.5 Å². The van der Waals surface area contributed by atoms with Crippen molar-refractivity contribution < 1.29 is 14.6 Å². The van der Waals surface area contributed by atoms with Crippen LogP contribution in [0.3, 0.4) is 0 Å². The van der Waals surface area contributed by atoms with E-state index >= 15 is 0 Å². The van der Waals surface area contributed by atoms with Crippen LogP contribution in [0.5, 0.6) is 0 Å². The maximum atomic E-state index is 11.0. The predicted octanol–water partition coefficient (Wildman–Crippen LogP) is 1.60. The van der Waals surface area contributed by atoms with Crippen molar-refractivity contribution in [2.24, 2.45) is 5.41 Å². The second-order valence-corrected chi connectivity index (χ2v) is 5.29. The minimum absolute atomic E-state index is 0.299. The summed E-state index contributed by atoms with van der Waals surface area (Å²) in [7, 11) is 0. The molecule has 1 aliphatic heterocycles. The average Bonchev–Trinajstić information content (AvgIpc) is 2.15. The Kier molecular flexibility index (Phi) is 4.74. The summed E-state index contributed by atoms with van der Waals surface area (Å²) in [6, 6.07) is 0. The van der Waals surface area contributed by atoms with Crippen molar-refractivity contribution >= 4 is 5.97 Å². The molecule has 1 rings (SSSR count). The van der Waals surface area contributed by atoms with Gasteiger partial charge in [-0.1, -0.05) is 13.8 Å². The Morgan fingerprint density at radius 2 is 2.25 bits per heavy atom. The van der Waals surface area contributed by atoms with Crippen LogP contribution >= 0.6 is 0 Å². The summed E-state index contributed by atoms with van der Waals surface area (Å²) in [5.74, 6) is -0.856. The number of aliphatic carboxylic acids is 1. The molecule has 1 saturated heterocycles. The minimum atomic E-state index is -0.856. The Hall–Kier alpha value is -0.610. The molecule has 0 radical (unpaired) electrons. The number of carboxylic acid groups (broad SMARTS) is 1. The summed E-state index contributed by atoms with van der Waals surface area (Å²) in [6.45, 7) is 9.20. The first-order valence-corrected chi connectivity index (χ1v) is 6.01. The number of nitrogens with zero attached hydrogens (tertiary/aromatic N) is 1. The van der Waals surface area contributed by atoms with Crippen LogP contribution in [0, 0.1) is 5.41 Å². The largest absolute Gasteiger partial charge is 0.479 e. The van der Waals surface area contributed by atoms with E-state index in [1.165, 1.54) is 6.42 Å². The van der Waals surface area contributed by atoms with Crippen LogP contribution in [0.2, 0.25) is 0 Å². The number of ether oxygens (including phenoxy) is 1. The van der Waals surface area contributed by atoms with Crippen LogP contribution in [0.15, 0.2) is 0 Å². The van der Waals surface area contributed by atoms with Gasteiger partial charge in [0.25, 0.3) is 0 Å². The molecule has 0 bridgehead atoms. The Morgan fingerprint density at radius 3 is 2.75 bits per heavy atom. The van der Waals surface area contributed by atoms with Gasteiger partial charge in [-0.25, -0.2) is 4.79 Å². The van der Waals surface area contributed by atoms with Gasteiger partial charge in [0.05, 0.1) is 0 Å². The molecular formula is C12H23NO3. The number of piperidine rings is 1. The third kappa shape index (κ3) is 4.10. The van der Waals surface area contributed by atoms with Crippen molar-refractivity contribution in [1.29, 1.82) is 0 Å². The molecule has 4 nitrogen and oxygen atoms in total. The quantitative estimate of drug-likeness (QED) is 0.778. The van der Waals surface area contributed by atoms with Crippen molar-refractivity contribution in [3.8, 4) is 0 Å². The highest BCUT2D eigenvalue weighted by molar-refractivity contribution is 5.72. The first-order valence-electron chi connectivity index (χ1n) is 6.01. The van der Waals surface area contributed by atoms with Crippen LogP contribution in [-0.4, -0.2) is 48.3 Å². The fourth-order valence-electron chi connectivity index (χ4n) is 2.34. The van der Waals surface area contributed by atoms with Crippen LogP contribution in [0.1, 0.15) is 33.6 Å². The van der Waals surface area contributed by atoms with Gasteiger partial charge >= 0.3 is 5.97 Å². The molecule has 0 aliphatic carbocycles. The highest BCUT2D eigenvalue weighted by atomic mass is 16.5. The normalized spacial score (nSPS) is 22.9. The first kappa shape index (κ1) is 13.5. The maximum absolute atomic E-state index is 11.0. The van der Waals surface area contributed by atoms with Crippen molar-refractivity contribution in [1.82, 2.24) is 4.90 Å². The highest BCUT2D eigenvalue weighted by Crippen LogP contribution is 2.28. The van der Waals surface area contributed by atoms with E-state index in [0.29, 0.717) is 18.6 Å². The topological polar surface area (TPSA) is 49.8 Å². The lowest BCUT2D eigenvalue weighted by Gasteiger charge is -2.38. The number of likely N-dealkylation sites (tertiary alicyclic amines) is 1. The van der Waals surface area contributed by atoms with Gasteiger partial charge < -0.3 is 9.84 Å². The zero-order valence-electron chi connectivity index (χ0n) is 10.5. The number of rotatable bonds is 5. The molecule has 0 saturated carbocycles. The zero-order chi connectivity index (χ0) is 12.2. The van der Waals surface area contributed by atoms with E-state index in [4.69, 9.17) is 9.84 Å². The second kappa shape index (κ2) is 5.64. The molecule has 0 aromatic rings. The fraction of sp³-hybridized carbons (Fsp3) is 0.917. The summed E-state index contributed by atoms with van der Waals surface area (Å²) in [6.07, 6.45) is 1.68. The molecule has 1 atom stereocenters. The molecule has 1 N–H and O–H groups in total. The third-order valence-electron chi connectivity index (χ3n) is 3.05. The summed E-state index contributed by atoms with van der Waals surface area (Å²) < 4.78 is 5.23. The molecule has 1 heterocycles. The molecule has 0 spiro atoms. The molecule has 1 aliphatic rings. The lowest BCUT2D eigenvalue weighted by Crippen LogP contribution is -2.46. The molecule has 4 heteroatoms. The van der Waals surface area contributed by atoms with E-state index in [1.807, 2.05) is 6.92 Å². The SMILES string of the molecule is CCOC(CN1CCCC(C)(C)C1)C(=O)O. The standard InChI is InChI=1S/C12H23NO3/c1-4-16-10(11(14)15)8-13-7-5-6-12(2,3)9-13/h10H,4-9H2,1-3H3,(H,14,15). The number of hydrogen-bond donors (Lipinski definition) is 1. The second-order valence-electron chi connectivity index (χ2n) is 5.29. The predicted molar refractivity (Wildman–Crippen MR) is 62.5 cm³/mol. The Labute approximate surface area is 97.6 Å². The van der Waals surface area contributed by atoms with Gasteiger partial charge in [-0.3, -0.25) is 4.90 Å². The molecule has 1 unspecified atom stereocenters. The van der Waals surface area contributed by atoms with E-state index in [2.05, 4.69) is 18.7 Å². The summed E-state index contributed by atoms with van der Waals surface area (Å²) in [5.41, 5.74) is 0.299. The summed E-state index contributed by atoms with van der Waals surface area (Å²) in [4.78, 5) is 13.2. The first-order chi connectivity index (χ1) is 7.44. The van der Waals surface area contributed by atoms with Crippen molar-refractivity contribution in [3.63, 3.8) is 0 Å². The van der Waals surface area contributed by atoms with Gasteiger partial charge in [0.2, 0.25) is 0 Å². The Balaban J connectivity index is 2.48. The van der Waals surface area contributed by atoms with Crippen LogP contribution in [-0.2, 0) is 9.53 Å². The van der Waals surface area contributed by atoms with Crippen LogP contribution in [0.4, 0.5) is 0 Å². The lowest BCUT2D eigenvalue weighted by molar-refractivity contribution is -0.151. The molecule has 94 valence electrons. The van der Waals surface area contributed by atoms with Gasteiger partial charge in [0.1, 0.15) is 0 Å². The van der Waals surface area contributed by atoms with Crippen molar-refractivity contribution in [3.05, 3.63) is 0 Å². The fourth-order valence-corrected chi connectivity index (χ4v) is 2.34.